The van der Waals surface area contributed by atoms with Crippen LogP contribution >= 0.6 is 0 Å². The highest BCUT2D eigenvalue weighted by Gasteiger charge is 2.31. The minimum atomic E-state index is -4.54. The van der Waals surface area contributed by atoms with E-state index in [9.17, 15) is 23.2 Å². The average Bonchev–Trinajstić information content (AvgIpc) is 2.67. The number of aromatic nitrogens is 2. The highest BCUT2D eigenvalue weighted by molar-refractivity contribution is 5.97. The lowest BCUT2D eigenvalue weighted by molar-refractivity contribution is -0.137. The molecule has 0 spiro atoms. The van der Waals surface area contributed by atoms with Gasteiger partial charge in [0.05, 0.1) is 18.8 Å². The second-order valence-electron chi connectivity index (χ2n) is 5.88. The molecule has 0 bridgehead atoms. The van der Waals surface area contributed by atoms with Crippen LogP contribution in [0.4, 0.5) is 30.6 Å². The number of methoxy groups -OCH3 is 1. The number of ether oxygens (including phenoxy) is 2. The van der Waals surface area contributed by atoms with E-state index in [2.05, 4.69) is 20.6 Å². The highest BCUT2D eigenvalue weighted by atomic mass is 19.4. The molecule has 0 aliphatic carbocycles. The first-order chi connectivity index (χ1) is 14.2. The number of nitrogens with zero attached hydrogens (tertiary/aromatic N) is 3. The second-order valence-corrected chi connectivity index (χ2v) is 5.88. The lowest BCUT2D eigenvalue weighted by Gasteiger charge is -2.20. The van der Waals surface area contributed by atoms with E-state index in [4.69, 9.17) is 15.2 Å². The van der Waals surface area contributed by atoms with Gasteiger partial charge in [-0.15, -0.1) is 0 Å². The van der Waals surface area contributed by atoms with E-state index in [-0.39, 0.29) is 42.1 Å². The normalized spacial score (nSPS) is 12.0. The number of nitrogens with one attached hydrogen (secondary N) is 2. The maximum absolute atomic E-state index is 12.9. The van der Waals surface area contributed by atoms with Crippen LogP contribution in [-0.2, 0) is 15.7 Å². The van der Waals surface area contributed by atoms with Crippen LogP contribution in [0.5, 0.6) is 5.88 Å². The molecule has 0 aliphatic heterocycles. The van der Waals surface area contributed by atoms with Crippen molar-refractivity contribution >= 4 is 23.4 Å². The highest BCUT2D eigenvalue weighted by Crippen LogP contribution is 2.31. The van der Waals surface area contributed by atoms with Crippen molar-refractivity contribution in [2.45, 2.75) is 19.1 Å². The summed E-state index contributed by atoms with van der Waals surface area (Å²) < 4.78 is 49.0. The number of anilines is 3. The molecule has 1 aromatic carbocycles. The average molecular weight is 424 g/mol. The van der Waals surface area contributed by atoms with Gasteiger partial charge in [0.1, 0.15) is 12.1 Å². The number of alkyl halides is 3. The molecule has 2 aromatic rings. The molecule has 12 heteroatoms. The van der Waals surface area contributed by atoms with E-state index in [0.717, 1.165) is 12.1 Å². The van der Waals surface area contributed by atoms with Gasteiger partial charge in [-0.05, 0) is 25.1 Å². The summed E-state index contributed by atoms with van der Waals surface area (Å²) >= 11 is 0. The van der Waals surface area contributed by atoms with Crippen LogP contribution in [-0.4, -0.2) is 42.2 Å². The largest absolute Gasteiger partial charge is 0.477 e. The van der Waals surface area contributed by atoms with Crippen LogP contribution in [0, 0.1) is 11.3 Å². The fourth-order valence-corrected chi connectivity index (χ4v) is 2.43. The van der Waals surface area contributed by atoms with Gasteiger partial charge in [0, 0.05) is 12.8 Å². The summed E-state index contributed by atoms with van der Waals surface area (Å²) in [6.45, 7) is 1.69. The van der Waals surface area contributed by atoms with E-state index in [1.807, 2.05) is 6.07 Å². The Morgan fingerprint density at radius 2 is 2.10 bits per heavy atom. The van der Waals surface area contributed by atoms with Gasteiger partial charge < -0.3 is 25.8 Å². The number of hydrogen-bond acceptors (Lipinski definition) is 8. The minimum absolute atomic E-state index is 0.0553. The molecule has 160 valence electrons. The smallest absolute Gasteiger partial charge is 0.416 e. The number of nitrogens with two attached hydrogens (primary N) is 1. The van der Waals surface area contributed by atoms with E-state index >= 15 is 0 Å². The SMILES string of the molecule is CCOc1nc(N)nc(NC(=O)[C@H](COC)Nc2cccc(C(F)(F)F)c2)c1C#N. The van der Waals surface area contributed by atoms with Crippen molar-refractivity contribution < 1.29 is 27.4 Å². The summed E-state index contributed by atoms with van der Waals surface area (Å²) in [6.07, 6.45) is -4.54. The Morgan fingerprint density at radius 1 is 1.37 bits per heavy atom. The third-order valence-electron chi connectivity index (χ3n) is 3.71. The first kappa shape index (κ1) is 22.7. The molecule has 1 amide bonds. The van der Waals surface area contributed by atoms with E-state index in [0.29, 0.717) is 0 Å². The molecule has 30 heavy (non-hydrogen) atoms. The fraction of sp³-hybridized carbons (Fsp3) is 0.333. The van der Waals surface area contributed by atoms with Crippen molar-refractivity contribution in [3.8, 4) is 11.9 Å². The lowest BCUT2D eigenvalue weighted by Crippen LogP contribution is -2.38. The Balaban J connectivity index is 2.28. The zero-order chi connectivity index (χ0) is 22.3. The van der Waals surface area contributed by atoms with Crippen molar-refractivity contribution in [3.05, 3.63) is 35.4 Å². The topological polar surface area (TPSA) is 135 Å². The number of nitrogen functional groups attached to an aromatic ring is 1. The number of carbonyl (C=O) groups is 1. The van der Waals surface area contributed by atoms with Crippen LogP contribution in [0.25, 0.3) is 0 Å². The number of hydrogen-bond donors (Lipinski definition) is 3. The number of carbonyl (C=O) groups excluding carboxylic acids is 1. The Labute approximate surface area is 170 Å². The first-order valence-corrected chi connectivity index (χ1v) is 8.63. The predicted octanol–water partition coefficient (Wildman–Crippen LogP) is 2.41. The zero-order valence-corrected chi connectivity index (χ0v) is 16.1. The predicted molar refractivity (Wildman–Crippen MR) is 102 cm³/mol. The van der Waals surface area contributed by atoms with Crippen LogP contribution in [0.2, 0.25) is 0 Å². The Morgan fingerprint density at radius 3 is 2.70 bits per heavy atom. The summed E-state index contributed by atoms with van der Waals surface area (Å²) in [5, 5.41) is 14.5. The molecule has 0 fully saturated rings. The molecular formula is C18H19F3N6O3. The van der Waals surface area contributed by atoms with Gasteiger partial charge in [0.15, 0.2) is 11.4 Å². The standard InChI is InChI=1S/C18H19F3N6O3/c1-3-30-16-12(8-22)14(26-17(23)27-16)25-15(28)13(9-29-2)24-11-6-4-5-10(7-11)18(19,20)21/h4-7,13,24H,3,9H2,1-2H3,(H3,23,25,26,27,28)/t13-/m0/s1. The quantitative estimate of drug-likeness (QED) is 0.588. The monoisotopic (exact) mass is 424 g/mol. The van der Waals surface area contributed by atoms with Crippen LogP contribution in [0.3, 0.4) is 0 Å². The summed E-state index contributed by atoms with van der Waals surface area (Å²) in [5.74, 6) is -1.24. The lowest BCUT2D eigenvalue weighted by atomic mass is 10.1. The number of rotatable bonds is 8. The summed E-state index contributed by atoms with van der Waals surface area (Å²) in [5.41, 5.74) is 4.63. The molecule has 4 N–H and O–H groups in total. The molecule has 1 heterocycles. The molecule has 9 nitrogen and oxygen atoms in total. The van der Waals surface area contributed by atoms with Crippen molar-refractivity contribution in [3.63, 3.8) is 0 Å². The van der Waals surface area contributed by atoms with Gasteiger partial charge in [0.2, 0.25) is 17.7 Å². The van der Waals surface area contributed by atoms with Crippen molar-refractivity contribution in [2.24, 2.45) is 0 Å². The molecule has 2 rings (SSSR count). The van der Waals surface area contributed by atoms with Crippen LogP contribution in [0.1, 0.15) is 18.1 Å². The Hall–Kier alpha value is -3.59. The zero-order valence-electron chi connectivity index (χ0n) is 16.1. The molecule has 0 saturated heterocycles. The summed E-state index contributed by atoms with van der Waals surface area (Å²) in [6, 6.07) is 5.09. The van der Waals surface area contributed by atoms with Gasteiger partial charge in [0.25, 0.3) is 0 Å². The maximum Gasteiger partial charge on any atom is 0.416 e. The van der Waals surface area contributed by atoms with Crippen molar-refractivity contribution in [2.75, 3.05) is 36.7 Å². The summed E-state index contributed by atoms with van der Waals surface area (Å²) in [7, 11) is 1.32. The minimum Gasteiger partial charge on any atom is -0.477 e. The first-order valence-electron chi connectivity index (χ1n) is 8.63. The Kier molecular flexibility index (Phi) is 7.38. The Bertz CT molecular complexity index is 946. The summed E-state index contributed by atoms with van der Waals surface area (Å²) in [4.78, 5) is 20.4. The molecule has 0 unspecified atom stereocenters. The fourth-order valence-electron chi connectivity index (χ4n) is 2.43. The van der Waals surface area contributed by atoms with Gasteiger partial charge in [-0.3, -0.25) is 4.79 Å². The van der Waals surface area contributed by atoms with Gasteiger partial charge in [-0.1, -0.05) is 6.07 Å². The number of halogens is 3. The van der Waals surface area contributed by atoms with Gasteiger partial charge in [-0.25, -0.2) is 0 Å². The number of amides is 1. The molecular weight excluding hydrogens is 405 g/mol. The second kappa shape index (κ2) is 9.75. The van der Waals surface area contributed by atoms with E-state index in [1.165, 1.54) is 19.2 Å². The van der Waals surface area contributed by atoms with Crippen LogP contribution < -0.4 is 21.1 Å². The van der Waals surface area contributed by atoms with E-state index < -0.39 is 23.7 Å². The van der Waals surface area contributed by atoms with Crippen LogP contribution in [0.15, 0.2) is 24.3 Å². The van der Waals surface area contributed by atoms with Crippen molar-refractivity contribution in [1.29, 1.82) is 5.26 Å². The third kappa shape index (κ3) is 5.71. The van der Waals surface area contributed by atoms with Gasteiger partial charge in [-0.2, -0.15) is 28.4 Å². The number of benzene rings is 1. The van der Waals surface area contributed by atoms with Crippen molar-refractivity contribution in [1.82, 2.24) is 9.97 Å². The molecule has 0 saturated carbocycles. The third-order valence-corrected chi connectivity index (χ3v) is 3.71. The van der Waals surface area contributed by atoms with E-state index in [1.54, 1.807) is 6.92 Å². The van der Waals surface area contributed by atoms with Gasteiger partial charge >= 0.3 is 6.18 Å². The maximum atomic E-state index is 12.9. The number of nitriles is 1. The molecule has 0 aliphatic rings. The molecule has 0 radical (unpaired) electrons. The molecule has 1 aromatic heterocycles. The molecule has 1 atom stereocenters.